The number of carbonyl (C=O) groups excluding carboxylic acids is 1. The normalized spacial score (nSPS) is 10.7. The summed E-state index contributed by atoms with van der Waals surface area (Å²) >= 11 is 0. The molecule has 2 aromatic rings. The van der Waals surface area contributed by atoms with Gasteiger partial charge >= 0.3 is 0 Å². The molecule has 20 heavy (non-hydrogen) atoms. The molecular weight excluding hydrogens is 254 g/mol. The highest BCUT2D eigenvalue weighted by molar-refractivity contribution is 6.05. The number of ether oxygens (including phenoxy) is 1. The van der Waals surface area contributed by atoms with Crippen LogP contribution < -0.4 is 4.74 Å². The number of phenols is 1. The van der Waals surface area contributed by atoms with Gasteiger partial charge in [0.05, 0.1) is 6.61 Å². The van der Waals surface area contributed by atoms with Gasteiger partial charge in [-0.2, -0.15) is 0 Å². The molecule has 1 aromatic carbocycles. The minimum absolute atomic E-state index is 0.0834. The number of phenolic OH excluding ortho intramolecular Hbond substituents is 1. The number of carbonyl (C=O) groups is 1. The van der Waals surface area contributed by atoms with Gasteiger partial charge in [0.2, 0.25) is 5.78 Å². The zero-order valence-corrected chi connectivity index (χ0v) is 11.1. The molecule has 0 radical (unpaired) electrons. The molecule has 4 heteroatoms. The summed E-state index contributed by atoms with van der Waals surface area (Å²) in [6.07, 6.45) is 4.69. The number of hydrogen-bond acceptors (Lipinski definition) is 4. The van der Waals surface area contributed by atoms with Crippen LogP contribution in [0.2, 0.25) is 0 Å². The Kier molecular flexibility index (Phi) is 4.50. The van der Waals surface area contributed by atoms with Crippen molar-refractivity contribution in [2.75, 3.05) is 6.61 Å². The van der Waals surface area contributed by atoms with Gasteiger partial charge in [0.25, 0.3) is 0 Å². The van der Waals surface area contributed by atoms with Crippen molar-refractivity contribution in [2.24, 2.45) is 0 Å². The summed E-state index contributed by atoms with van der Waals surface area (Å²) in [5.74, 6) is 0.316. The number of benzene rings is 1. The summed E-state index contributed by atoms with van der Waals surface area (Å²) < 4.78 is 5.29. The lowest BCUT2D eigenvalue weighted by molar-refractivity contribution is 0.104. The Balaban J connectivity index is 2.15. The molecule has 102 valence electrons. The van der Waals surface area contributed by atoms with Crippen molar-refractivity contribution < 1.29 is 14.6 Å². The van der Waals surface area contributed by atoms with E-state index in [1.165, 1.54) is 12.1 Å². The predicted octanol–water partition coefficient (Wildman–Crippen LogP) is 3.08. The molecule has 0 fully saturated rings. The fourth-order valence-corrected chi connectivity index (χ4v) is 1.67. The second kappa shape index (κ2) is 6.52. The molecule has 0 atom stereocenters. The van der Waals surface area contributed by atoms with Gasteiger partial charge in [-0.3, -0.25) is 9.78 Å². The highest BCUT2D eigenvalue weighted by Gasteiger charge is 2.04. The Hall–Kier alpha value is -2.62. The van der Waals surface area contributed by atoms with Gasteiger partial charge in [0, 0.05) is 6.20 Å². The van der Waals surface area contributed by atoms with E-state index in [0.29, 0.717) is 18.1 Å². The third-order valence-electron chi connectivity index (χ3n) is 2.63. The van der Waals surface area contributed by atoms with E-state index in [0.717, 1.165) is 5.56 Å². The minimum Gasteiger partial charge on any atom is -0.504 e. The van der Waals surface area contributed by atoms with Crippen LogP contribution in [-0.2, 0) is 0 Å². The Labute approximate surface area is 117 Å². The fourth-order valence-electron chi connectivity index (χ4n) is 1.67. The molecule has 0 unspecified atom stereocenters. The first kappa shape index (κ1) is 13.8. The van der Waals surface area contributed by atoms with Crippen LogP contribution in [0.5, 0.6) is 11.5 Å². The molecule has 0 aliphatic rings. The molecule has 1 aromatic heterocycles. The van der Waals surface area contributed by atoms with E-state index in [-0.39, 0.29) is 11.5 Å². The smallest absolute Gasteiger partial charge is 0.204 e. The Bertz CT molecular complexity index is 621. The lowest BCUT2D eigenvalue weighted by Gasteiger charge is -2.06. The van der Waals surface area contributed by atoms with E-state index in [1.807, 2.05) is 6.92 Å². The van der Waals surface area contributed by atoms with Gasteiger partial charge < -0.3 is 9.84 Å². The number of aromatic nitrogens is 1. The summed E-state index contributed by atoms with van der Waals surface area (Å²) in [5.41, 5.74) is 1.17. The maximum absolute atomic E-state index is 11.9. The highest BCUT2D eigenvalue weighted by atomic mass is 16.5. The molecule has 2 rings (SSSR count). The summed E-state index contributed by atoms with van der Waals surface area (Å²) in [7, 11) is 0. The summed E-state index contributed by atoms with van der Waals surface area (Å²) in [4.78, 5) is 15.9. The number of hydrogen-bond donors (Lipinski definition) is 1. The van der Waals surface area contributed by atoms with E-state index in [1.54, 1.807) is 42.6 Å². The second-order valence-electron chi connectivity index (χ2n) is 4.07. The SMILES string of the molecule is CCOc1cc(/C=C/C(=O)c2ccccn2)ccc1O. The molecule has 1 heterocycles. The third-order valence-corrected chi connectivity index (χ3v) is 2.63. The second-order valence-corrected chi connectivity index (χ2v) is 4.07. The average Bonchev–Trinajstić information content (AvgIpc) is 2.49. The lowest BCUT2D eigenvalue weighted by Crippen LogP contribution is -1.96. The predicted molar refractivity (Wildman–Crippen MR) is 76.9 cm³/mol. The molecular formula is C16H15NO3. The van der Waals surface area contributed by atoms with Crippen LogP contribution in [-0.4, -0.2) is 22.5 Å². The zero-order valence-electron chi connectivity index (χ0n) is 11.1. The van der Waals surface area contributed by atoms with Crippen molar-refractivity contribution in [2.45, 2.75) is 6.92 Å². The van der Waals surface area contributed by atoms with E-state index < -0.39 is 0 Å². The molecule has 1 N–H and O–H groups in total. The first-order valence-electron chi connectivity index (χ1n) is 6.30. The number of pyridine rings is 1. The summed E-state index contributed by atoms with van der Waals surface area (Å²) in [5, 5.41) is 9.60. The van der Waals surface area contributed by atoms with Crippen molar-refractivity contribution in [3.05, 3.63) is 59.9 Å². The maximum Gasteiger partial charge on any atom is 0.204 e. The molecule has 0 saturated carbocycles. The van der Waals surface area contributed by atoms with Gasteiger partial charge in [-0.05, 0) is 42.8 Å². The van der Waals surface area contributed by atoms with E-state index in [9.17, 15) is 9.90 Å². The van der Waals surface area contributed by atoms with Crippen LogP contribution in [0.3, 0.4) is 0 Å². The minimum atomic E-state index is -0.170. The molecule has 0 saturated heterocycles. The standard InChI is InChI=1S/C16H15NO3/c1-2-20-16-11-12(7-9-15(16)19)6-8-14(18)13-5-3-4-10-17-13/h3-11,19H,2H2,1H3/b8-6+. The van der Waals surface area contributed by atoms with Crippen LogP contribution >= 0.6 is 0 Å². The van der Waals surface area contributed by atoms with Gasteiger partial charge in [0.15, 0.2) is 11.5 Å². The Morgan fingerprint density at radius 2 is 2.20 bits per heavy atom. The summed E-state index contributed by atoms with van der Waals surface area (Å²) in [6.45, 7) is 2.31. The van der Waals surface area contributed by atoms with Crippen LogP contribution in [0.25, 0.3) is 6.08 Å². The van der Waals surface area contributed by atoms with Crippen LogP contribution in [0, 0.1) is 0 Å². The topological polar surface area (TPSA) is 59.4 Å². The zero-order chi connectivity index (χ0) is 14.4. The quantitative estimate of drug-likeness (QED) is 0.669. The number of rotatable bonds is 5. The van der Waals surface area contributed by atoms with E-state index in [2.05, 4.69) is 4.98 Å². The molecule has 0 aliphatic heterocycles. The lowest BCUT2D eigenvalue weighted by atomic mass is 10.1. The van der Waals surface area contributed by atoms with E-state index in [4.69, 9.17) is 4.74 Å². The van der Waals surface area contributed by atoms with Crippen LogP contribution in [0.1, 0.15) is 23.0 Å². The monoisotopic (exact) mass is 269 g/mol. The third kappa shape index (κ3) is 3.45. The molecule has 0 bridgehead atoms. The fraction of sp³-hybridized carbons (Fsp3) is 0.125. The molecule has 0 amide bonds. The van der Waals surface area contributed by atoms with Gasteiger partial charge in [0.1, 0.15) is 5.69 Å². The Morgan fingerprint density at radius 1 is 1.35 bits per heavy atom. The average molecular weight is 269 g/mol. The number of allylic oxidation sites excluding steroid dienone is 1. The van der Waals surface area contributed by atoms with Crippen molar-refractivity contribution in [1.82, 2.24) is 4.98 Å². The van der Waals surface area contributed by atoms with Crippen molar-refractivity contribution in [1.29, 1.82) is 0 Å². The first-order valence-corrected chi connectivity index (χ1v) is 6.30. The van der Waals surface area contributed by atoms with Crippen molar-refractivity contribution in [3.63, 3.8) is 0 Å². The van der Waals surface area contributed by atoms with E-state index >= 15 is 0 Å². The number of ketones is 1. The molecule has 0 aliphatic carbocycles. The summed E-state index contributed by atoms with van der Waals surface area (Å²) in [6, 6.07) is 10.1. The highest BCUT2D eigenvalue weighted by Crippen LogP contribution is 2.27. The van der Waals surface area contributed by atoms with Gasteiger partial charge in [-0.25, -0.2) is 0 Å². The molecule has 0 spiro atoms. The van der Waals surface area contributed by atoms with Gasteiger partial charge in [-0.1, -0.05) is 18.2 Å². The van der Waals surface area contributed by atoms with Crippen molar-refractivity contribution >= 4 is 11.9 Å². The number of nitrogens with zero attached hydrogens (tertiary/aromatic N) is 1. The van der Waals surface area contributed by atoms with Crippen LogP contribution in [0.4, 0.5) is 0 Å². The largest absolute Gasteiger partial charge is 0.504 e. The van der Waals surface area contributed by atoms with Crippen LogP contribution in [0.15, 0.2) is 48.7 Å². The number of aromatic hydroxyl groups is 1. The molecule has 4 nitrogen and oxygen atoms in total. The maximum atomic E-state index is 11.9. The van der Waals surface area contributed by atoms with Gasteiger partial charge in [-0.15, -0.1) is 0 Å². The Morgan fingerprint density at radius 3 is 2.90 bits per heavy atom. The van der Waals surface area contributed by atoms with Crippen molar-refractivity contribution in [3.8, 4) is 11.5 Å². The first-order chi connectivity index (χ1) is 9.70.